The van der Waals surface area contributed by atoms with E-state index in [9.17, 15) is 0 Å². The molecule has 1 atom stereocenters. The molecule has 1 fully saturated rings. The van der Waals surface area contributed by atoms with Gasteiger partial charge in [-0.25, -0.2) is 0 Å². The lowest BCUT2D eigenvalue weighted by Gasteiger charge is -2.32. The molecule has 0 aliphatic heterocycles. The van der Waals surface area contributed by atoms with Gasteiger partial charge in [0.25, 0.3) is 0 Å². The quantitative estimate of drug-likeness (QED) is 0.764. The normalized spacial score (nSPS) is 18.9. The zero-order valence-corrected chi connectivity index (χ0v) is 13.5. The lowest BCUT2D eigenvalue weighted by atomic mass is 9.81. The first-order valence-electron chi connectivity index (χ1n) is 8.34. The number of nitrogens with one attached hydrogen (secondary N) is 1. The third kappa shape index (κ3) is 4.94. The summed E-state index contributed by atoms with van der Waals surface area (Å²) < 4.78 is 0. The predicted molar refractivity (Wildman–Crippen MR) is 87.8 cm³/mol. The Morgan fingerprint density at radius 3 is 2.30 bits per heavy atom. The molecule has 1 heteroatoms. The van der Waals surface area contributed by atoms with Gasteiger partial charge in [-0.05, 0) is 42.7 Å². The van der Waals surface area contributed by atoms with Gasteiger partial charge in [-0.15, -0.1) is 0 Å². The topological polar surface area (TPSA) is 12.0 Å². The summed E-state index contributed by atoms with van der Waals surface area (Å²) in [6.45, 7) is 8.10. The van der Waals surface area contributed by atoms with E-state index < -0.39 is 0 Å². The molecule has 1 saturated carbocycles. The van der Waals surface area contributed by atoms with E-state index in [-0.39, 0.29) is 0 Å². The average Bonchev–Trinajstić information content (AvgIpc) is 2.44. The Morgan fingerprint density at radius 2 is 1.70 bits per heavy atom. The SMILES string of the molecule is CC(C)(C)CCNC(c1ccccc1)C1CCCCC1. The van der Waals surface area contributed by atoms with Crippen molar-refractivity contribution in [2.75, 3.05) is 6.54 Å². The Labute approximate surface area is 125 Å². The highest BCUT2D eigenvalue weighted by atomic mass is 14.9. The molecule has 2 rings (SSSR count). The predicted octanol–water partition coefficient (Wildman–Crippen LogP) is 5.33. The molecular formula is C19H31N. The molecule has 0 spiro atoms. The molecule has 0 heterocycles. The number of benzene rings is 1. The second kappa shape index (κ2) is 7.26. The molecule has 0 amide bonds. The summed E-state index contributed by atoms with van der Waals surface area (Å²) in [6, 6.07) is 11.6. The molecule has 112 valence electrons. The molecule has 1 aliphatic rings. The zero-order valence-electron chi connectivity index (χ0n) is 13.5. The molecule has 1 aromatic rings. The van der Waals surface area contributed by atoms with Gasteiger partial charge in [-0.1, -0.05) is 70.4 Å². The minimum atomic E-state index is 0.417. The maximum atomic E-state index is 3.86. The maximum absolute atomic E-state index is 3.86. The summed E-state index contributed by atoms with van der Waals surface area (Å²) in [6.07, 6.45) is 8.27. The molecule has 0 saturated heterocycles. The van der Waals surface area contributed by atoms with E-state index in [1.54, 1.807) is 0 Å². The van der Waals surface area contributed by atoms with Crippen LogP contribution in [0.15, 0.2) is 30.3 Å². The number of rotatable bonds is 5. The molecule has 1 nitrogen and oxygen atoms in total. The average molecular weight is 273 g/mol. The Kier molecular flexibility index (Phi) is 5.65. The third-order valence-electron chi connectivity index (χ3n) is 4.52. The van der Waals surface area contributed by atoms with Crippen LogP contribution in [-0.4, -0.2) is 6.54 Å². The van der Waals surface area contributed by atoms with Crippen molar-refractivity contribution in [1.29, 1.82) is 0 Å². The number of hydrogen-bond acceptors (Lipinski definition) is 1. The van der Waals surface area contributed by atoms with Crippen LogP contribution in [0.2, 0.25) is 0 Å². The first-order chi connectivity index (χ1) is 9.56. The standard InChI is InChI=1S/C19H31N/c1-19(2,3)14-15-20-18(16-10-6-4-7-11-16)17-12-8-5-9-13-17/h4,6-7,10-11,17-18,20H,5,8-9,12-15H2,1-3H3. The number of hydrogen-bond donors (Lipinski definition) is 1. The van der Waals surface area contributed by atoms with Crippen molar-refractivity contribution in [2.45, 2.75) is 65.3 Å². The van der Waals surface area contributed by atoms with E-state index in [1.807, 2.05) is 0 Å². The van der Waals surface area contributed by atoms with Crippen LogP contribution in [0.5, 0.6) is 0 Å². The summed E-state index contributed by atoms with van der Waals surface area (Å²) in [4.78, 5) is 0. The van der Waals surface area contributed by atoms with Crippen LogP contribution >= 0.6 is 0 Å². The van der Waals surface area contributed by atoms with Gasteiger partial charge in [0, 0.05) is 6.04 Å². The van der Waals surface area contributed by atoms with Crippen LogP contribution in [-0.2, 0) is 0 Å². The van der Waals surface area contributed by atoms with Gasteiger partial charge in [0.05, 0.1) is 0 Å². The fourth-order valence-electron chi connectivity index (χ4n) is 3.29. The lowest BCUT2D eigenvalue weighted by molar-refractivity contribution is 0.259. The van der Waals surface area contributed by atoms with Crippen molar-refractivity contribution in [1.82, 2.24) is 5.32 Å². The van der Waals surface area contributed by atoms with E-state index in [4.69, 9.17) is 0 Å². The fraction of sp³-hybridized carbons (Fsp3) is 0.684. The smallest absolute Gasteiger partial charge is 0.0348 e. The van der Waals surface area contributed by atoms with E-state index in [1.165, 1.54) is 44.1 Å². The molecular weight excluding hydrogens is 242 g/mol. The van der Waals surface area contributed by atoms with E-state index in [0.29, 0.717) is 11.5 Å². The van der Waals surface area contributed by atoms with E-state index in [2.05, 4.69) is 56.4 Å². The second-order valence-corrected chi connectivity index (χ2v) is 7.55. The van der Waals surface area contributed by atoms with Gasteiger partial charge >= 0.3 is 0 Å². The highest BCUT2D eigenvalue weighted by Gasteiger charge is 2.24. The maximum Gasteiger partial charge on any atom is 0.0348 e. The molecule has 20 heavy (non-hydrogen) atoms. The van der Waals surface area contributed by atoms with E-state index >= 15 is 0 Å². The fourth-order valence-corrected chi connectivity index (χ4v) is 3.29. The Hall–Kier alpha value is -0.820. The van der Waals surface area contributed by atoms with Gasteiger partial charge in [0.1, 0.15) is 0 Å². The summed E-state index contributed by atoms with van der Waals surface area (Å²) in [5.74, 6) is 0.825. The minimum absolute atomic E-state index is 0.417. The largest absolute Gasteiger partial charge is 0.310 e. The van der Waals surface area contributed by atoms with Crippen molar-refractivity contribution >= 4 is 0 Å². The van der Waals surface area contributed by atoms with Gasteiger partial charge in [-0.2, -0.15) is 0 Å². The first-order valence-corrected chi connectivity index (χ1v) is 8.34. The third-order valence-corrected chi connectivity index (χ3v) is 4.52. The van der Waals surface area contributed by atoms with Gasteiger partial charge in [-0.3, -0.25) is 0 Å². The Morgan fingerprint density at radius 1 is 1.05 bits per heavy atom. The monoisotopic (exact) mass is 273 g/mol. The van der Waals surface area contributed by atoms with Crippen LogP contribution in [0.25, 0.3) is 0 Å². The van der Waals surface area contributed by atoms with E-state index in [0.717, 1.165) is 12.5 Å². The molecule has 1 N–H and O–H groups in total. The summed E-state index contributed by atoms with van der Waals surface area (Å²) in [5.41, 5.74) is 1.90. The molecule has 0 bridgehead atoms. The van der Waals surface area contributed by atoms with Crippen molar-refractivity contribution in [3.63, 3.8) is 0 Å². The van der Waals surface area contributed by atoms with Crippen LogP contribution in [0.1, 0.15) is 70.9 Å². The summed E-state index contributed by atoms with van der Waals surface area (Å²) >= 11 is 0. The highest BCUT2D eigenvalue weighted by molar-refractivity contribution is 5.19. The van der Waals surface area contributed by atoms with Crippen LogP contribution in [0, 0.1) is 11.3 Å². The van der Waals surface area contributed by atoms with Crippen LogP contribution in [0.4, 0.5) is 0 Å². The van der Waals surface area contributed by atoms with Gasteiger partial charge in [0.2, 0.25) is 0 Å². The molecule has 0 radical (unpaired) electrons. The van der Waals surface area contributed by atoms with Crippen molar-refractivity contribution in [3.8, 4) is 0 Å². The highest BCUT2D eigenvalue weighted by Crippen LogP contribution is 2.34. The molecule has 1 unspecified atom stereocenters. The van der Waals surface area contributed by atoms with Gasteiger partial charge in [0.15, 0.2) is 0 Å². The zero-order chi connectivity index (χ0) is 14.4. The lowest BCUT2D eigenvalue weighted by Crippen LogP contribution is -2.32. The Bertz CT molecular complexity index is 371. The minimum Gasteiger partial charge on any atom is -0.310 e. The molecule has 1 aliphatic carbocycles. The first kappa shape index (κ1) is 15.6. The van der Waals surface area contributed by atoms with Crippen molar-refractivity contribution in [3.05, 3.63) is 35.9 Å². The molecule has 1 aromatic carbocycles. The molecule has 0 aromatic heterocycles. The van der Waals surface area contributed by atoms with Crippen molar-refractivity contribution < 1.29 is 0 Å². The summed E-state index contributed by atoms with van der Waals surface area (Å²) in [5, 5.41) is 3.86. The Balaban J connectivity index is 2.00. The van der Waals surface area contributed by atoms with Crippen molar-refractivity contribution in [2.24, 2.45) is 11.3 Å². The summed E-state index contributed by atoms with van der Waals surface area (Å²) in [7, 11) is 0. The van der Waals surface area contributed by atoms with Crippen LogP contribution < -0.4 is 5.32 Å². The second-order valence-electron chi connectivity index (χ2n) is 7.55. The van der Waals surface area contributed by atoms with Gasteiger partial charge < -0.3 is 5.32 Å². The van der Waals surface area contributed by atoms with Crippen LogP contribution in [0.3, 0.4) is 0 Å².